The Balaban J connectivity index is 0.00000225. The van der Waals surface area contributed by atoms with Gasteiger partial charge < -0.3 is 5.32 Å². The van der Waals surface area contributed by atoms with E-state index in [0.717, 1.165) is 6.07 Å². The number of halogens is 2. The van der Waals surface area contributed by atoms with Crippen LogP contribution in [0.1, 0.15) is 0 Å². The summed E-state index contributed by atoms with van der Waals surface area (Å²) in [6.07, 6.45) is 0. The van der Waals surface area contributed by atoms with E-state index < -0.39 is 15.8 Å². The molecule has 16 heavy (non-hydrogen) atoms. The maximum Gasteiger partial charge on any atom is 0.240 e. The monoisotopic (exact) mass is 268 g/mol. The highest BCUT2D eigenvalue weighted by Gasteiger charge is 2.13. The molecule has 0 atom stereocenters. The van der Waals surface area contributed by atoms with E-state index in [1.54, 1.807) is 7.05 Å². The maximum atomic E-state index is 12.8. The predicted molar refractivity (Wildman–Crippen MR) is 62.8 cm³/mol. The van der Waals surface area contributed by atoms with Gasteiger partial charge in [-0.3, -0.25) is 0 Å². The van der Waals surface area contributed by atoms with E-state index in [1.165, 1.54) is 18.2 Å². The third-order valence-corrected chi connectivity index (χ3v) is 3.23. The Morgan fingerprint density at radius 1 is 1.31 bits per heavy atom. The third kappa shape index (κ3) is 4.44. The molecule has 0 heterocycles. The second kappa shape index (κ2) is 6.80. The van der Waals surface area contributed by atoms with Crippen LogP contribution >= 0.6 is 12.4 Å². The predicted octanol–water partition coefficient (Wildman–Crippen LogP) is 0.745. The van der Waals surface area contributed by atoms with Gasteiger partial charge in [0.2, 0.25) is 10.0 Å². The van der Waals surface area contributed by atoms with Gasteiger partial charge in [-0.25, -0.2) is 17.5 Å². The zero-order valence-corrected chi connectivity index (χ0v) is 10.4. The smallest absolute Gasteiger partial charge is 0.240 e. The molecule has 0 aromatic heterocycles. The topological polar surface area (TPSA) is 58.2 Å². The van der Waals surface area contributed by atoms with E-state index in [4.69, 9.17) is 0 Å². The van der Waals surface area contributed by atoms with Crippen molar-refractivity contribution in [1.82, 2.24) is 10.0 Å². The standard InChI is InChI=1S/C9H13FN2O2S.ClH/c1-11-5-6-12-15(13,14)9-4-2-3-8(10)7-9;/h2-4,7,11-12H,5-6H2,1H3;1H. The van der Waals surface area contributed by atoms with Crippen molar-refractivity contribution in [1.29, 1.82) is 0 Å². The quantitative estimate of drug-likeness (QED) is 0.775. The van der Waals surface area contributed by atoms with E-state index in [0.29, 0.717) is 6.54 Å². The van der Waals surface area contributed by atoms with Gasteiger partial charge in [0.15, 0.2) is 0 Å². The number of hydrogen-bond acceptors (Lipinski definition) is 3. The fourth-order valence-corrected chi connectivity index (χ4v) is 2.09. The molecule has 0 saturated heterocycles. The van der Waals surface area contributed by atoms with Gasteiger partial charge in [-0.1, -0.05) is 6.07 Å². The van der Waals surface area contributed by atoms with Gasteiger partial charge in [0.25, 0.3) is 0 Å². The Labute approximate surface area is 101 Å². The fraction of sp³-hybridized carbons (Fsp3) is 0.333. The summed E-state index contributed by atoms with van der Waals surface area (Å²) in [5.41, 5.74) is 0. The third-order valence-electron chi connectivity index (χ3n) is 1.77. The number of likely N-dealkylation sites (N-methyl/N-ethyl adjacent to an activating group) is 1. The van der Waals surface area contributed by atoms with E-state index in [2.05, 4.69) is 10.0 Å². The minimum atomic E-state index is -3.59. The highest BCUT2D eigenvalue weighted by atomic mass is 35.5. The first-order valence-electron chi connectivity index (χ1n) is 4.46. The number of nitrogens with one attached hydrogen (secondary N) is 2. The van der Waals surface area contributed by atoms with Crippen LogP contribution in [0.4, 0.5) is 4.39 Å². The van der Waals surface area contributed by atoms with Crippen molar-refractivity contribution in [2.24, 2.45) is 0 Å². The van der Waals surface area contributed by atoms with Crippen LogP contribution in [-0.4, -0.2) is 28.6 Å². The molecule has 1 aromatic carbocycles. The first-order chi connectivity index (χ1) is 7.06. The average Bonchev–Trinajstić information content (AvgIpc) is 2.18. The van der Waals surface area contributed by atoms with E-state index in [-0.39, 0.29) is 23.8 Å². The van der Waals surface area contributed by atoms with Gasteiger partial charge in [0, 0.05) is 13.1 Å². The molecule has 0 saturated carbocycles. The van der Waals surface area contributed by atoms with Crippen LogP contribution in [0.5, 0.6) is 0 Å². The van der Waals surface area contributed by atoms with Crippen molar-refractivity contribution in [2.75, 3.05) is 20.1 Å². The van der Waals surface area contributed by atoms with Crippen molar-refractivity contribution in [3.63, 3.8) is 0 Å². The van der Waals surface area contributed by atoms with E-state index in [9.17, 15) is 12.8 Å². The van der Waals surface area contributed by atoms with Crippen LogP contribution in [-0.2, 0) is 10.0 Å². The van der Waals surface area contributed by atoms with Crippen LogP contribution in [0.15, 0.2) is 29.2 Å². The lowest BCUT2D eigenvalue weighted by molar-refractivity contribution is 0.576. The molecule has 0 fully saturated rings. The summed E-state index contributed by atoms with van der Waals surface area (Å²) in [6, 6.07) is 4.90. The van der Waals surface area contributed by atoms with Crippen molar-refractivity contribution < 1.29 is 12.8 Å². The Kier molecular flexibility index (Phi) is 6.51. The Bertz CT molecular complexity index is 425. The molecule has 1 rings (SSSR count). The van der Waals surface area contributed by atoms with Gasteiger partial charge in [-0.2, -0.15) is 0 Å². The molecule has 0 aliphatic rings. The Hall–Kier alpha value is -0.690. The number of rotatable bonds is 5. The van der Waals surface area contributed by atoms with Gasteiger partial charge in [-0.15, -0.1) is 12.4 Å². The fourth-order valence-electron chi connectivity index (χ4n) is 1.03. The first-order valence-corrected chi connectivity index (χ1v) is 5.94. The molecule has 0 bridgehead atoms. The van der Waals surface area contributed by atoms with Gasteiger partial charge in [0.05, 0.1) is 4.90 Å². The second-order valence-electron chi connectivity index (χ2n) is 2.96. The van der Waals surface area contributed by atoms with Crippen LogP contribution in [0.2, 0.25) is 0 Å². The summed E-state index contributed by atoms with van der Waals surface area (Å²) in [5.74, 6) is -0.563. The van der Waals surface area contributed by atoms with Crippen LogP contribution in [0.3, 0.4) is 0 Å². The Morgan fingerprint density at radius 3 is 2.56 bits per heavy atom. The van der Waals surface area contributed by atoms with Crippen LogP contribution in [0, 0.1) is 5.82 Å². The zero-order chi connectivity index (χ0) is 11.3. The molecule has 0 aliphatic carbocycles. The largest absolute Gasteiger partial charge is 0.318 e. The molecule has 2 N–H and O–H groups in total. The minimum Gasteiger partial charge on any atom is -0.318 e. The number of hydrogen-bond donors (Lipinski definition) is 2. The minimum absolute atomic E-state index is 0. The molecule has 0 unspecified atom stereocenters. The maximum absolute atomic E-state index is 12.8. The van der Waals surface area contributed by atoms with Crippen LogP contribution in [0.25, 0.3) is 0 Å². The van der Waals surface area contributed by atoms with Crippen LogP contribution < -0.4 is 10.0 Å². The summed E-state index contributed by atoms with van der Waals surface area (Å²) < 4.78 is 38.2. The molecule has 92 valence electrons. The van der Waals surface area contributed by atoms with E-state index in [1.807, 2.05) is 0 Å². The lowest BCUT2D eigenvalue weighted by Crippen LogP contribution is -2.30. The number of sulfonamides is 1. The highest BCUT2D eigenvalue weighted by Crippen LogP contribution is 2.09. The first kappa shape index (κ1) is 15.3. The van der Waals surface area contributed by atoms with Crippen molar-refractivity contribution >= 4 is 22.4 Å². The lowest BCUT2D eigenvalue weighted by atomic mass is 10.4. The number of benzene rings is 1. The van der Waals surface area contributed by atoms with Gasteiger partial charge in [0.1, 0.15) is 5.82 Å². The summed E-state index contributed by atoms with van der Waals surface area (Å²) in [4.78, 5) is -0.0568. The summed E-state index contributed by atoms with van der Waals surface area (Å²) >= 11 is 0. The summed E-state index contributed by atoms with van der Waals surface area (Å²) in [7, 11) is -1.87. The zero-order valence-electron chi connectivity index (χ0n) is 8.73. The lowest BCUT2D eigenvalue weighted by Gasteiger charge is -2.05. The molecule has 4 nitrogen and oxygen atoms in total. The van der Waals surface area contributed by atoms with Crippen molar-refractivity contribution in [3.8, 4) is 0 Å². The van der Waals surface area contributed by atoms with Gasteiger partial charge >= 0.3 is 0 Å². The molecule has 0 aliphatic heterocycles. The summed E-state index contributed by atoms with van der Waals surface area (Å²) in [5, 5.41) is 2.80. The summed E-state index contributed by atoms with van der Waals surface area (Å²) in [6.45, 7) is 0.796. The molecule has 7 heteroatoms. The van der Waals surface area contributed by atoms with Crippen molar-refractivity contribution in [2.45, 2.75) is 4.90 Å². The molecular formula is C9H14ClFN2O2S. The van der Waals surface area contributed by atoms with Crippen molar-refractivity contribution in [3.05, 3.63) is 30.1 Å². The molecule has 0 radical (unpaired) electrons. The SMILES string of the molecule is CNCCNS(=O)(=O)c1cccc(F)c1.Cl. The van der Waals surface area contributed by atoms with E-state index >= 15 is 0 Å². The molecule has 1 aromatic rings. The molecule has 0 spiro atoms. The Morgan fingerprint density at radius 2 is 2.00 bits per heavy atom. The normalized spacial score (nSPS) is 10.9. The average molecular weight is 269 g/mol. The van der Waals surface area contributed by atoms with Gasteiger partial charge in [-0.05, 0) is 25.2 Å². The second-order valence-corrected chi connectivity index (χ2v) is 4.73. The highest BCUT2D eigenvalue weighted by molar-refractivity contribution is 7.89. The molecule has 0 amide bonds. The molecular weight excluding hydrogens is 255 g/mol.